The van der Waals surface area contributed by atoms with Crippen molar-refractivity contribution in [3.8, 4) is 0 Å². The Morgan fingerprint density at radius 1 is 0.840 bits per heavy atom. The third-order valence-corrected chi connectivity index (χ3v) is 19.2. The molecule has 0 amide bonds. The standard InChI is InChI=1S/C11H17O.3C4H9.Sn/c1-4-6-8-10(3)9-11(12)7-5-2;3*1-3-4-2;/h1,4,6,8-9,11-12H,5,7H2,2-3H3;3*1,3-4H2,2H3;/b4-1?,8-6+,10-9+;;;;. The van der Waals surface area contributed by atoms with Gasteiger partial charge in [0.05, 0.1) is 0 Å². The van der Waals surface area contributed by atoms with Crippen molar-refractivity contribution in [3.63, 3.8) is 0 Å². The van der Waals surface area contributed by atoms with Crippen LogP contribution in [0.4, 0.5) is 0 Å². The normalized spacial score (nSPS) is 14.7. The molecule has 0 aromatic rings. The zero-order chi connectivity index (χ0) is 19.0. The third kappa shape index (κ3) is 12.9. The summed E-state index contributed by atoms with van der Waals surface area (Å²) in [5.74, 6) is 0. The maximum atomic E-state index is 9.88. The molecular formula is C23H44OSn. The van der Waals surface area contributed by atoms with Gasteiger partial charge in [0, 0.05) is 0 Å². The molecule has 1 nitrogen and oxygen atoms in total. The number of unbranched alkanes of at least 4 members (excludes halogenated alkanes) is 3. The molecule has 25 heavy (non-hydrogen) atoms. The van der Waals surface area contributed by atoms with Crippen molar-refractivity contribution < 1.29 is 5.11 Å². The number of aliphatic hydroxyl groups is 1. The van der Waals surface area contributed by atoms with Crippen molar-refractivity contribution in [2.24, 2.45) is 0 Å². The van der Waals surface area contributed by atoms with E-state index >= 15 is 0 Å². The van der Waals surface area contributed by atoms with Crippen LogP contribution in [0.25, 0.3) is 0 Å². The minimum atomic E-state index is -2.12. The summed E-state index contributed by atoms with van der Waals surface area (Å²) in [6.45, 7) is 11.2. The molecule has 1 unspecified atom stereocenters. The van der Waals surface area contributed by atoms with Gasteiger partial charge in [-0.2, -0.15) is 0 Å². The van der Waals surface area contributed by atoms with Gasteiger partial charge in [-0.1, -0.05) is 0 Å². The predicted molar refractivity (Wildman–Crippen MR) is 118 cm³/mol. The summed E-state index contributed by atoms with van der Waals surface area (Å²) in [5, 5.41) is 9.88. The summed E-state index contributed by atoms with van der Waals surface area (Å²) < 4.78 is 7.28. The second kappa shape index (κ2) is 16.2. The van der Waals surface area contributed by atoms with Crippen LogP contribution in [-0.4, -0.2) is 29.6 Å². The molecule has 0 aliphatic carbocycles. The molecule has 0 radical (unpaired) electrons. The van der Waals surface area contributed by atoms with Crippen molar-refractivity contribution >= 4 is 18.4 Å². The van der Waals surface area contributed by atoms with E-state index in [2.05, 4.69) is 56.9 Å². The first-order chi connectivity index (χ1) is 12.0. The third-order valence-electron chi connectivity index (χ3n) is 5.04. The first-order valence-corrected chi connectivity index (χ1v) is 18.5. The molecule has 0 fully saturated rings. The molecule has 0 aliphatic heterocycles. The fourth-order valence-corrected chi connectivity index (χ4v) is 17.5. The molecule has 0 rings (SSSR count). The molecule has 2 heteroatoms. The molecule has 1 atom stereocenters. The molecule has 0 saturated heterocycles. The summed E-state index contributed by atoms with van der Waals surface area (Å²) in [5.41, 5.74) is 1.17. The molecule has 0 aromatic carbocycles. The average molecular weight is 455 g/mol. The van der Waals surface area contributed by atoms with Gasteiger partial charge in [-0.3, -0.25) is 0 Å². The van der Waals surface area contributed by atoms with E-state index in [4.69, 9.17) is 0 Å². The SMILES string of the molecule is CCC[CH2][Sn](/[CH]=C/C=C/C(C)=C/C(O)CCC)([CH2]CCC)[CH2]CCC. The number of allylic oxidation sites excluding steroid dienone is 4. The van der Waals surface area contributed by atoms with Gasteiger partial charge in [-0.05, 0) is 0 Å². The van der Waals surface area contributed by atoms with E-state index in [0.29, 0.717) is 0 Å². The molecule has 0 saturated carbocycles. The van der Waals surface area contributed by atoms with E-state index in [1.807, 2.05) is 6.08 Å². The van der Waals surface area contributed by atoms with Gasteiger partial charge in [0.1, 0.15) is 0 Å². The molecule has 0 aliphatic rings. The fourth-order valence-electron chi connectivity index (χ4n) is 3.42. The number of aliphatic hydroxyl groups excluding tert-OH is 1. The predicted octanol–water partition coefficient (Wildman–Crippen LogP) is 7.59. The first-order valence-electron chi connectivity index (χ1n) is 10.8. The topological polar surface area (TPSA) is 20.2 Å². The van der Waals surface area contributed by atoms with Gasteiger partial charge >= 0.3 is 163 Å². The van der Waals surface area contributed by atoms with Crippen LogP contribution < -0.4 is 0 Å². The van der Waals surface area contributed by atoms with Crippen LogP contribution in [0.15, 0.2) is 34.0 Å². The van der Waals surface area contributed by atoms with Gasteiger partial charge < -0.3 is 0 Å². The Morgan fingerprint density at radius 2 is 1.36 bits per heavy atom. The Bertz CT molecular complexity index is 373. The first kappa shape index (κ1) is 25.0. The zero-order valence-electron chi connectivity index (χ0n) is 17.7. The molecule has 1 N–H and O–H groups in total. The summed E-state index contributed by atoms with van der Waals surface area (Å²) in [6, 6.07) is 0. The van der Waals surface area contributed by atoms with E-state index in [1.54, 1.807) is 0 Å². The van der Waals surface area contributed by atoms with Crippen LogP contribution in [0.5, 0.6) is 0 Å². The van der Waals surface area contributed by atoms with E-state index in [1.165, 1.54) is 57.4 Å². The monoisotopic (exact) mass is 456 g/mol. The van der Waals surface area contributed by atoms with E-state index in [9.17, 15) is 5.11 Å². The Kier molecular flexibility index (Phi) is 16.2. The van der Waals surface area contributed by atoms with Crippen molar-refractivity contribution in [3.05, 3.63) is 34.0 Å². The Balaban J connectivity index is 4.99. The van der Waals surface area contributed by atoms with Crippen LogP contribution in [0, 0.1) is 0 Å². The number of rotatable bonds is 15. The van der Waals surface area contributed by atoms with Crippen LogP contribution in [0.2, 0.25) is 13.3 Å². The fraction of sp³-hybridized carbons (Fsp3) is 0.739. The Hall–Kier alpha value is -0.0213. The number of hydrogen-bond donors (Lipinski definition) is 1. The molecule has 146 valence electrons. The van der Waals surface area contributed by atoms with Gasteiger partial charge in [-0.15, -0.1) is 0 Å². The van der Waals surface area contributed by atoms with Gasteiger partial charge in [0.25, 0.3) is 0 Å². The zero-order valence-corrected chi connectivity index (χ0v) is 20.5. The van der Waals surface area contributed by atoms with Gasteiger partial charge in [0.2, 0.25) is 0 Å². The van der Waals surface area contributed by atoms with Gasteiger partial charge in [-0.25, -0.2) is 0 Å². The molecule has 0 spiro atoms. The summed E-state index contributed by atoms with van der Waals surface area (Å²) in [4.78, 5) is 0. The van der Waals surface area contributed by atoms with Crippen molar-refractivity contribution in [1.29, 1.82) is 0 Å². The molecule has 0 heterocycles. The molecule has 0 bridgehead atoms. The van der Waals surface area contributed by atoms with E-state index < -0.39 is 18.4 Å². The molecular weight excluding hydrogens is 411 g/mol. The molecule has 0 aromatic heterocycles. The van der Waals surface area contributed by atoms with Crippen LogP contribution in [0.3, 0.4) is 0 Å². The maximum absolute atomic E-state index is 9.88. The van der Waals surface area contributed by atoms with E-state index in [0.717, 1.165) is 12.8 Å². The van der Waals surface area contributed by atoms with Crippen molar-refractivity contribution in [2.45, 2.75) is 105 Å². The second-order valence-corrected chi connectivity index (χ2v) is 20.7. The Labute approximate surface area is 162 Å². The van der Waals surface area contributed by atoms with Crippen LogP contribution in [-0.2, 0) is 0 Å². The van der Waals surface area contributed by atoms with Crippen LogP contribution >= 0.6 is 0 Å². The minimum absolute atomic E-state index is 0.296. The van der Waals surface area contributed by atoms with Gasteiger partial charge in [0.15, 0.2) is 0 Å². The Morgan fingerprint density at radius 3 is 1.80 bits per heavy atom. The average Bonchev–Trinajstić information content (AvgIpc) is 2.59. The quantitative estimate of drug-likeness (QED) is 0.199. The number of hydrogen-bond acceptors (Lipinski definition) is 1. The van der Waals surface area contributed by atoms with Crippen molar-refractivity contribution in [1.82, 2.24) is 0 Å². The summed E-state index contributed by atoms with van der Waals surface area (Å²) in [7, 11) is 0. The van der Waals surface area contributed by atoms with Crippen molar-refractivity contribution in [2.75, 3.05) is 0 Å². The van der Waals surface area contributed by atoms with E-state index in [-0.39, 0.29) is 6.10 Å². The summed E-state index contributed by atoms with van der Waals surface area (Å²) in [6.07, 6.45) is 18.5. The van der Waals surface area contributed by atoms with Crippen LogP contribution in [0.1, 0.15) is 86.0 Å². The summed E-state index contributed by atoms with van der Waals surface area (Å²) >= 11 is -2.12. The second-order valence-electron chi connectivity index (χ2n) is 7.66.